The minimum absolute atomic E-state index is 0.0112. The number of nitrogens with zero attached hydrogens (tertiary/aromatic N) is 2. The summed E-state index contributed by atoms with van der Waals surface area (Å²) >= 11 is 0. The number of benzene rings is 2. The van der Waals surface area contributed by atoms with Crippen molar-refractivity contribution < 1.29 is 17.7 Å². The SMILES string of the molecule is CNS(=O)(=O)c1cccc(C(=O)NCc2nc(-c3ccc(C)cc3)no2)c1. The normalized spacial score (nSPS) is 11.3. The van der Waals surface area contributed by atoms with Crippen molar-refractivity contribution in [3.8, 4) is 11.4 Å². The van der Waals surface area contributed by atoms with E-state index in [9.17, 15) is 13.2 Å². The number of carbonyl (C=O) groups is 1. The molecule has 27 heavy (non-hydrogen) atoms. The second-order valence-electron chi connectivity index (χ2n) is 5.80. The van der Waals surface area contributed by atoms with Crippen molar-refractivity contribution in [3.05, 3.63) is 65.5 Å². The fourth-order valence-corrected chi connectivity index (χ4v) is 3.10. The monoisotopic (exact) mass is 386 g/mol. The van der Waals surface area contributed by atoms with E-state index in [0.717, 1.165) is 11.1 Å². The highest BCUT2D eigenvalue weighted by atomic mass is 32.2. The molecular weight excluding hydrogens is 368 g/mol. The Balaban J connectivity index is 1.68. The van der Waals surface area contributed by atoms with Gasteiger partial charge in [-0.25, -0.2) is 13.1 Å². The van der Waals surface area contributed by atoms with Gasteiger partial charge < -0.3 is 9.84 Å². The maximum atomic E-state index is 12.3. The lowest BCUT2D eigenvalue weighted by Crippen LogP contribution is -2.24. The second kappa shape index (κ2) is 7.68. The zero-order chi connectivity index (χ0) is 19.4. The number of carbonyl (C=O) groups excluding carboxylic acids is 1. The molecule has 140 valence electrons. The van der Waals surface area contributed by atoms with Gasteiger partial charge in [-0.1, -0.05) is 41.1 Å². The molecule has 0 saturated carbocycles. The first-order valence-electron chi connectivity index (χ1n) is 8.10. The average Bonchev–Trinajstić information content (AvgIpc) is 3.16. The van der Waals surface area contributed by atoms with Crippen LogP contribution in [0.15, 0.2) is 57.9 Å². The van der Waals surface area contributed by atoms with Crippen molar-refractivity contribution in [2.24, 2.45) is 0 Å². The summed E-state index contributed by atoms with van der Waals surface area (Å²) in [5.41, 5.74) is 2.15. The van der Waals surface area contributed by atoms with Crippen LogP contribution in [-0.4, -0.2) is 31.5 Å². The van der Waals surface area contributed by atoms with Crippen LogP contribution in [0.2, 0.25) is 0 Å². The summed E-state index contributed by atoms with van der Waals surface area (Å²) < 4.78 is 31.0. The molecule has 2 N–H and O–H groups in total. The first kappa shape index (κ1) is 18.7. The molecule has 1 amide bonds. The molecule has 0 aliphatic rings. The summed E-state index contributed by atoms with van der Waals surface area (Å²) in [6, 6.07) is 13.4. The van der Waals surface area contributed by atoms with Gasteiger partial charge in [-0.15, -0.1) is 0 Å². The number of hydrogen-bond donors (Lipinski definition) is 2. The van der Waals surface area contributed by atoms with Crippen molar-refractivity contribution >= 4 is 15.9 Å². The summed E-state index contributed by atoms with van der Waals surface area (Å²) in [5.74, 6) is 0.234. The van der Waals surface area contributed by atoms with Crippen molar-refractivity contribution in [1.29, 1.82) is 0 Å². The number of aromatic nitrogens is 2. The van der Waals surface area contributed by atoms with E-state index in [-0.39, 0.29) is 22.9 Å². The molecule has 8 nitrogen and oxygen atoms in total. The largest absolute Gasteiger partial charge is 0.343 e. The van der Waals surface area contributed by atoms with Crippen molar-refractivity contribution in [2.75, 3.05) is 7.05 Å². The van der Waals surface area contributed by atoms with Gasteiger partial charge in [0.2, 0.25) is 21.7 Å². The highest BCUT2D eigenvalue weighted by molar-refractivity contribution is 7.89. The first-order valence-corrected chi connectivity index (χ1v) is 9.59. The number of sulfonamides is 1. The maximum absolute atomic E-state index is 12.3. The van der Waals surface area contributed by atoms with E-state index >= 15 is 0 Å². The van der Waals surface area contributed by atoms with Gasteiger partial charge in [0.25, 0.3) is 5.91 Å². The van der Waals surface area contributed by atoms with Gasteiger partial charge in [0.05, 0.1) is 11.4 Å². The quantitative estimate of drug-likeness (QED) is 0.669. The molecule has 1 heterocycles. The van der Waals surface area contributed by atoms with Gasteiger partial charge in [0.1, 0.15) is 0 Å². The first-order chi connectivity index (χ1) is 12.9. The van der Waals surface area contributed by atoms with Gasteiger partial charge >= 0.3 is 0 Å². The van der Waals surface area contributed by atoms with Crippen LogP contribution >= 0.6 is 0 Å². The van der Waals surface area contributed by atoms with Crippen LogP contribution in [0.1, 0.15) is 21.8 Å². The lowest BCUT2D eigenvalue weighted by atomic mass is 10.1. The number of rotatable bonds is 6. The van der Waals surface area contributed by atoms with E-state index in [4.69, 9.17) is 4.52 Å². The minimum atomic E-state index is -3.62. The molecule has 9 heteroatoms. The van der Waals surface area contributed by atoms with Crippen LogP contribution < -0.4 is 10.0 Å². The predicted octanol–water partition coefficient (Wildman–Crippen LogP) is 1.88. The Hall–Kier alpha value is -3.04. The molecule has 0 fully saturated rings. The molecule has 0 atom stereocenters. The molecule has 1 aromatic heterocycles. The summed E-state index contributed by atoms with van der Waals surface area (Å²) in [6.45, 7) is 2.01. The Bertz CT molecular complexity index is 1060. The third-order valence-corrected chi connectivity index (χ3v) is 5.27. The van der Waals surface area contributed by atoms with Gasteiger partial charge in [-0.3, -0.25) is 4.79 Å². The molecule has 0 saturated heterocycles. The van der Waals surface area contributed by atoms with Gasteiger partial charge in [-0.2, -0.15) is 4.98 Å². The molecule has 3 aromatic rings. The molecule has 0 spiro atoms. The smallest absolute Gasteiger partial charge is 0.251 e. The Kier molecular flexibility index (Phi) is 5.33. The minimum Gasteiger partial charge on any atom is -0.343 e. The molecule has 0 radical (unpaired) electrons. The number of amides is 1. The Labute approximate surface area is 156 Å². The van der Waals surface area contributed by atoms with Crippen LogP contribution in [-0.2, 0) is 16.6 Å². The van der Waals surface area contributed by atoms with Gasteiger partial charge in [0, 0.05) is 11.1 Å². The lowest BCUT2D eigenvalue weighted by molar-refractivity contribution is 0.0946. The molecule has 0 aliphatic carbocycles. The zero-order valence-corrected chi connectivity index (χ0v) is 15.6. The molecule has 0 bridgehead atoms. The maximum Gasteiger partial charge on any atom is 0.251 e. The fourth-order valence-electron chi connectivity index (χ4n) is 2.33. The molecule has 0 aliphatic heterocycles. The van der Waals surface area contributed by atoms with Crippen LogP contribution in [0.3, 0.4) is 0 Å². The molecule has 0 unspecified atom stereocenters. The standard InChI is InChI=1S/C18H18N4O4S/c1-12-6-8-13(9-7-12)17-21-16(26-22-17)11-20-18(23)14-4-3-5-15(10-14)27(24,25)19-2/h3-10,19H,11H2,1-2H3,(H,20,23). The topological polar surface area (TPSA) is 114 Å². The van der Waals surface area contributed by atoms with Crippen molar-refractivity contribution in [2.45, 2.75) is 18.4 Å². The Morgan fingerprint density at radius 1 is 1.15 bits per heavy atom. The Morgan fingerprint density at radius 2 is 1.89 bits per heavy atom. The van der Waals surface area contributed by atoms with Crippen molar-refractivity contribution in [3.63, 3.8) is 0 Å². The van der Waals surface area contributed by atoms with E-state index in [0.29, 0.717) is 5.82 Å². The average molecular weight is 386 g/mol. The summed E-state index contributed by atoms with van der Waals surface area (Å²) in [7, 11) is -2.31. The van der Waals surface area contributed by atoms with E-state index in [1.54, 1.807) is 0 Å². The fraction of sp³-hybridized carbons (Fsp3) is 0.167. The molecular formula is C18H18N4O4S. The van der Waals surface area contributed by atoms with E-state index in [1.807, 2.05) is 31.2 Å². The Morgan fingerprint density at radius 3 is 2.59 bits per heavy atom. The van der Waals surface area contributed by atoms with Crippen LogP contribution in [0, 0.1) is 6.92 Å². The predicted molar refractivity (Wildman–Crippen MR) is 98.3 cm³/mol. The summed E-state index contributed by atoms with van der Waals surface area (Å²) in [5, 5.41) is 6.53. The van der Waals surface area contributed by atoms with Crippen LogP contribution in [0.5, 0.6) is 0 Å². The number of aryl methyl sites for hydroxylation is 1. The lowest BCUT2D eigenvalue weighted by Gasteiger charge is -2.06. The van der Waals surface area contributed by atoms with Gasteiger partial charge in [0.15, 0.2) is 0 Å². The number of nitrogens with one attached hydrogen (secondary N) is 2. The van der Waals surface area contributed by atoms with E-state index in [2.05, 4.69) is 20.2 Å². The highest BCUT2D eigenvalue weighted by Gasteiger charge is 2.15. The highest BCUT2D eigenvalue weighted by Crippen LogP contribution is 2.16. The van der Waals surface area contributed by atoms with Gasteiger partial charge in [-0.05, 0) is 32.2 Å². The second-order valence-corrected chi connectivity index (χ2v) is 7.68. The van der Waals surface area contributed by atoms with E-state index in [1.165, 1.54) is 31.3 Å². The zero-order valence-electron chi connectivity index (χ0n) is 14.8. The molecule has 2 aromatic carbocycles. The van der Waals surface area contributed by atoms with Crippen molar-refractivity contribution in [1.82, 2.24) is 20.2 Å². The summed E-state index contributed by atoms with van der Waals surface area (Å²) in [4.78, 5) is 16.5. The molecule has 3 rings (SSSR count). The third-order valence-electron chi connectivity index (χ3n) is 3.85. The summed E-state index contributed by atoms with van der Waals surface area (Å²) in [6.07, 6.45) is 0. The number of hydrogen-bond acceptors (Lipinski definition) is 6. The van der Waals surface area contributed by atoms with Crippen LogP contribution in [0.25, 0.3) is 11.4 Å². The van der Waals surface area contributed by atoms with Crippen LogP contribution in [0.4, 0.5) is 0 Å². The van der Waals surface area contributed by atoms with E-state index < -0.39 is 15.9 Å². The third kappa shape index (κ3) is 4.39.